The van der Waals surface area contributed by atoms with Gasteiger partial charge < -0.3 is 14.5 Å². The van der Waals surface area contributed by atoms with E-state index in [1.165, 1.54) is 6.26 Å². The van der Waals surface area contributed by atoms with Gasteiger partial charge in [0.1, 0.15) is 11.4 Å². The summed E-state index contributed by atoms with van der Waals surface area (Å²) in [7, 11) is 0. The van der Waals surface area contributed by atoms with Gasteiger partial charge in [-0.2, -0.15) is 0 Å². The number of nitrogens with zero attached hydrogens (tertiary/aromatic N) is 1. The molecular formula is C16H11ClN2O3. The highest BCUT2D eigenvalue weighted by molar-refractivity contribution is 6.30. The second-order valence-electron chi connectivity index (χ2n) is 4.34. The van der Waals surface area contributed by atoms with E-state index >= 15 is 0 Å². The molecule has 1 aromatic carbocycles. The van der Waals surface area contributed by atoms with Crippen LogP contribution in [0.1, 0.15) is 10.6 Å². The number of hydrogen-bond acceptors (Lipinski definition) is 4. The van der Waals surface area contributed by atoms with Gasteiger partial charge in [0.2, 0.25) is 5.88 Å². The van der Waals surface area contributed by atoms with E-state index in [1.54, 1.807) is 54.7 Å². The van der Waals surface area contributed by atoms with Crippen molar-refractivity contribution < 1.29 is 13.9 Å². The summed E-state index contributed by atoms with van der Waals surface area (Å²) in [6.07, 6.45) is 3.01. The van der Waals surface area contributed by atoms with Crippen LogP contribution in [0.2, 0.25) is 5.02 Å². The molecule has 0 bridgehead atoms. The lowest BCUT2D eigenvalue weighted by atomic mass is 10.3. The summed E-state index contributed by atoms with van der Waals surface area (Å²) in [5.74, 6) is 0.682. The molecule has 0 aliphatic rings. The fourth-order valence-corrected chi connectivity index (χ4v) is 1.90. The van der Waals surface area contributed by atoms with E-state index in [0.29, 0.717) is 16.5 Å². The molecule has 0 unspecified atom stereocenters. The van der Waals surface area contributed by atoms with Crippen molar-refractivity contribution in [1.82, 2.24) is 4.98 Å². The average Bonchev–Trinajstić information content (AvgIpc) is 3.06. The molecule has 3 rings (SSSR count). The van der Waals surface area contributed by atoms with Crippen LogP contribution in [0.15, 0.2) is 65.4 Å². The van der Waals surface area contributed by atoms with Crippen LogP contribution < -0.4 is 10.1 Å². The SMILES string of the molecule is O=C(Nc1cccnc1Oc1ccc(Cl)cc1)c1ccco1. The number of aromatic nitrogens is 1. The number of anilines is 1. The third-order valence-electron chi connectivity index (χ3n) is 2.79. The second-order valence-corrected chi connectivity index (χ2v) is 4.78. The maximum absolute atomic E-state index is 12.0. The maximum atomic E-state index is 12.0. The fourth-order valence-electron chi connectivity index (χ4n) is 1.77. The normalized spacial score (nSPS) is 10.2. The van der Waals surface area contributed by atoms with Crippen LogP contribution in [-0.4, -0.2) is 10.9 Å². The second kappa shape index (κ2) is 6.32. The van der Waals surface area contributed by atoms with Crippen molar-refractivity contribution in [2.75, 3.05) is 5.32 Å². The number of carbonyl (C=O) groups is 1. The fraction of sp³-hybridized carbons (Fsp3) is 0. The Hall–Kier alpha value is -2.79. The lowest BCUT2D eigenvalue weighted by Gasteiger charge is -2.10. The van der Waals surface area contributed by atoms with Gasteiger partial charge in [-0.15, -0.1) is 0 Å². The Balaban J connectivity index is 1.80. The molecule has 6 heteroatoms. The topological polar surface area (TPSA) is 64.4 Å². The van der Waals surface area contributed by atoms with Crippen LogP contribution in [-0.2, 0) is 0 Å². The number of ether oxygens (including phenoxy) is 1. The minimum atomic E-state index is -0.376. The van der Waals surface area contributed by atoms with Crippen molar-refractivity contribution in [3.05, 3.63) is 71.8 Å². The molecule has 22 heavy (non-hydrogen) atoms. The van der Waals surface area contributed by atoms with Crippen LogP contribution in [0, 0.1) is 0 Å². The molecule has 110 valence electrons. The molecule has 3 aromatic rings. The molecule has 0 fully saturated rings. The van der Waals surface area contributed by atoms with Crippen LogP contribution in [0.4, 0.5) is 5.69 Å². The monoisotopic (exact) mass is 314 g/mol. The number of carbonyl (C=O) groups excluding carboxylic acids is 1. The van der Waals surface area contributed by atoms with Crippen LogP contribution in [0.3, 0.4) is 0 Å². The summed E-state index contributed by atoms with van der Waals surface area (Å²) in [5.41, 5.74) is 0.443. The Kier molecular flexibility index (Phi) is 4.07. The van der Waals surface area contributed by atoms with Gasteiger partial charge in [0.25, 0.3) is 5.91 Å². The third-order valence-corrected chi connectivity index (χ3v) is 3.04. The zero-order valence-electron chi connectivity index (χ0n) is 11.3. The van der Waals surface area contributed by atoms with E-state index in [4.69, 9.17) is 20.8 Å². The predicted octanol–water partition coefficient (Wildman–Crippen LogP) is 4.37. The quantitative estimate of drug-likeness (QED) is 0.776. The van der Waals surface area contributed by atoms with E-state index in [9.17, 15) is 4.79 Å². The average molecular weight is 315 g/mol. The van der Waals surface area contributed by atoms with Crippen molar-refractivity contribution >= 4 is 23.2 Å². The van der Waals surface area contributed by atoms with Crippen molar-refractivity contribution in [2.45, 2.75) is 0 Å². The van der Waals surface area contributed by atoms with Gasteiger partial charge in [0, 0.05) is 11.2 Å². The van der Waals surface area contributed by atoms with Crippen molar-refractivity contribution in [1.29, 1.82) is 0 Å². The molecule has 0 aliphatic heterocycles. The highest BCUT2D eigenvalue weighted by Gasteiger charge is 2.13. The Bertz CT molecular complexity index is 770. The highest BCUT2D eigenvalue weighted by atomic mass is 35.5. The first-order valence-electron chi connectivity index (χ1n) is 6.46. The maximum Gasteiger partial charge on any atom is 0.291 e. The van der Waals surface area contributed by atoms with Gasteiger partial charge in [0.05, 0.1) is 6.26 Å². The van der Waals surface area contributed by atoms with E-state index in [1.807, 2.05) is 0 Å². The Morgan fingerprint density at radius 3 is 2.68 bits per heavy atom. The number of halogens is 1. The van der Waals surface area contributed by atoms with Crippen LogP contribution in [0.25, 0.3) is 0 Å². The Morgan fingerprint density at radius 2 is 1.95 bits per heavy atom. The molecular weight excluding hydrogens is 304 g/mol. The molecule has 0 spiro atoms. The van der Waals surface area contributed by atoms with Crippen LogP contribution >= 0.6 is 11.6 Å². The van der Waals surface area contributed by atoms with Gasteiger partial charge >= 0.3 is 0 Å². The van der Waals surface area contributed by atoms with Gasteiger partial charge in [-0.05, 0) is 48.5 Å². The summed E-state index contributed by atoms with van der Waals surface area (Å²) in [5, 5.41) is 3.31. The Labute approximate surface area is 131 Å². The van der Waals surface area contributed by atoms with Gasteiger partial charge in [-0.25, -0.2) is 4.98 Å². The van der Waals surface area contributed by atoms with E-state index < -0.39 is 0 Å². The number of benzene rings is 1. The first-order chi connectivity index (χ1) is 10.7. The molecule has 0 atom stereocenters. The van der Waals surface area contributed by atoms with Crippen molar-refractivity contribution in [2.24, 2.45) is 0 Å². The summed E-state index contributed by atoms with van der Waals surface area (Å²) in [4.78, 5) is 16.1. The predicted molar refractivity (Wildman–Crippen MR) is 82.4 cm³/mol. The number of furan rings is 1. The molecule has 0 saturated carbocycles. The lowest BCUT2D eigenvalue weighted by Crippen LogP contribution is -2.11. The molecule has 1 N–H and O–H groups in total. The lowest BCUT2D eigenvalue weighted by molar-refractivity contribution is 0.0996. The zero-order valence-corrected chi connectivity index (χ0v) is 12.1. The first-order valence-corrected chi connectivity index (χ1v) is 6.83. The van der Waals surface area contributed by atoms with E-state index in [2.05, 4.69) is 10.3 Å². The largest absolute Gasteiger partial charge is 0.459 e. The summed E-state index contributed by atoms with van der Waals surface area (Å²) >= 11 is 5.83. The number of pyridine rings is 1. The van der Waals surface area contributed by atoms with Crippen molar-refractivity contribution in [3.8, 4) is 11.6 Å². The summed E-state index contributed by atoms with van der Waals surface area (Å²) < 4.78 is 10.7. The van der Waals surface area contributed by atoms with E-state index in [0.717, 1.165) is 0 Å². The molecule has 0 saturated heterocycles. The number of nitrogens with one attached hydrogen (secondary N) is 1. The first kappa shape index (κ1) is 14.2. The zero-order chi connectivity index (χ0) is 15.4. The van der Waals surface area contributed by atoms with Gasteiger partial charge in [-0.1, -0.05) is 11.6 Å². The standard InChI is InChI=1S/C16H11ClN2O3/c17-11-5-7-12(8-6-11)22-16-13(3-1-9-18-16)19-15(20)14-4-2-10-21-14/h1-10H,(H,19,20). The smallest absolute Gasteiger partial charge is 0.291 e. The molecule has 0 aliphatic carbocycles. The van der Waals surface area contributed by atoms with Crippen molar-refractivity contribution in [3.63, 3.8) is 0 Å². The summed E-state index contributed by atoms with van der Waals surface area (Å²) in [6, 6.07) is 13.5. The van der Waals surface area contributed by atoms with Gasteiger partial charge in [-0.3, -0.25) is 4.79 Å². The third kappa shape index (κ3) is 3.27. The number of rotatable bonds is 4. The number of hydrogen-bond donors (Lipinski definition) is 1. The molecule has 5 nitrogen and oxygen atoms in total. The van der Waals surface area contributed by atoms with Gasteiger partial charge in [0.15, 0.2) is 5.76 Å². The van der Waals surface area contributed by atoms with Crippen LogP contribution in [0.5, 0.6) is 11.6 Å². The Morgan fingerprint density at radius 1 is 1.14 bits per heavy atom. The summed E-state index contributed by atoms with van der Waals surface area (Å²) in [6.45, 7) is 0. The highest BCUT2D eigenvalue weighted by Crippen LogP contribution is 2.28. The molecule has 0 radical (unpaired) electrons. The minimum Gasteiger partial charge on any atom is -0.459 e. The molecule has 2 heterocycles. The van der Waals surface area contributed by atoms with E-state index in [-0.39, 0.29) is 17.5 Å². The minimum absolute atomic E-state index is 0.210. The molecule has 2 aromatic heterocycles. The molecule has 1 amide bonds. The number of amides is 1.